The minimum atomic E-state index is -0.923. The van der Waals surface area contributed by atoms with Gasteiger partial charge in [-0.05, 0) is 58.7 Å². The fraction of sp³-hybridized carbons (Fsp3) is 0.600. The van der Waals surface area contributed by atoms with Gasteiger partial charge in [0.1, 0.15) is 16.9 Å². The number of anilines is 1. The predicted molar refractivity (Wildman–Crippen MR) is 102 cm³/mol. The molecule has 6 heteroatoms. The van der Waals surface area contributed by atoms with E-state index in [1.165, 1.54) is 0 Å². The van der Waals surface area contributed by atoms with E-state index < -0.39 is 11.6 Å². The van der Waals surface area contributed by atoms with Gasteiger partial charge in [-0.2, -0.15) is 0 Å². The average molecular weight is 365 g/mol. The van der Waals surface area contributed by atoms with Crippen LogP contribution < -0.4 is 10.1 Å². The van der Waals surface area contributed by atoms with Crippen molar-refractivity contribution < 1.29 is 23.8 Å². The van der Waals surface area contributed by atoms with E-state index >= 15 is 0 Å². The first-order valence-electron chi connectivity index (χ1n) is 9.20. The molecule has 0 bridgehead atoms. The van der Waals surface area contributed by atoms with Gasteiger partial charge in [-0.25, -0.2) is 4.79 Å². The number of benzene rings is 1. The monoisotopic (exact) mass is 365 g/mol. The topological polar surface area (TPSA) is 73.9 Å². The van der Waals surface area contributed by atoms with Crippen LogP contribution >= 0.6 is 0 Å². The van der Waals surface area contributed by atoms with E-state index in [0.29, 0.717) is 24.5 Å². The van der Waals surface area contributed by atoms with Crippen molar-refractivity contribution >= 4 is 17.6 Å². The maximum absolute atomic E-state index is 12.7. The Morgan fingerprint density at radius 1 is 1.19 bits per heavy atom. The number of carbonyl (C=O) groups excluding carboxylic acids is 2. The minimum Gasteiger partial charge on any atom is -0.490 e. The lowest BCUT2D eigenvalue weighted by Crippen LogP contribution is -2.42. The fourth-order valence-electron chi connectivity index (χ4n) is 2.25. The summed E-state index contributed by atoms with van der Waals surface area (Å²) in [4.78, 5) is 24.9. The van der Waals surface area contributed by atoms with E-state index in [4.69, 9.17) is 14.2 Å². The van der Waals surface area contributed by atoms with E-state index in [0.717, 1.165) is 6.42 Å². The molecule has 1 atom stereocenters. The molecule has 0 heterocycles. The number of hydrogen-bond acceptors (Lipinski definition) is 5. The molecule has 1 rings (SSSR count). The molecule has 1 aromatic rings. The van der Waals surface area contributed by atoms with Crippen LogP contribution in [-0.2, 0) is 14.3 Å². The molecule has 26 heavy (non-hydrogen) atoms. The van der Waals surface area contributed by atoms with Crippen molar-refractivity contribution in [3.8, 4) is 5.75 Å². The Bertz CT molecular complexity index is 614. The molecule has 6 nitrogen and oxygen atoms in total. The maximum atomic E-state index is 12.7. The highest BCUT2D eigenvalue weighted by Gasteiger charge is 2.32. The number of nitrogens with one attached hydrogen (secondary N) is 1. The molecule has 0 aliphatic rings. The van der Waals surface area contributed by atoms with Crippen molar-refractivity contribution in [1.82, 2.24) is 0 Å². The highest BCUT2D eigenvalue weighted by atomic mass is 16.5. The first kappa shape index (κ1) is 22.0. The zero-order chi connectivity index (χ0) is 19.7. The second-order valence-corrected chi connectivity index (χ2v) is 6.49. The van der Waals surface area contributed by atoms with Gasteiger partial charge in [0.25, 0.3) is 5.91 Å². The van der Waals surface area contributed by atoms with Crippen molar-refractivity contribution in [3.05, 3.63) is 23.8 Å². The van der Waals surface area contributed by atoms with Crippen LogP contribution in [0.3, 0.4) is 0 Å². The molecule has 0 aromatic heterocycles. The van der Waals surface area contributed by atoms with Crippen LogP contribution in [-0.4, -0.2) is 36.8 Å². The van der Waals surface area contributed by atoms with Crippen LogP contribution in [0, 0.1) is 0 Å². The Hall–Kier alpha value is -2.08. The number of carbonyl (C=O) groups is 2. The van der Waals surface area contributed by atoms with Crippen LogP contribution in [0.4, 0.5) is 5.69 Å². The highest BCUT2D eigenvalue weighted by Crippen LogP contribution is 2.26. The third-order valence-electron chi connectivity index (χ3n) is 3.88. The van der Waals surface area contributed by atoms with Gasteiger partial charge in [0.15, 0.2) is 0 Å². The minimum absolute atomic E-state index is 0.0885. The average Bonchev–Trinajstić information content (AvgIpc) is 2.60. The number of hydrogen-bond donors (Lipinski definition) is 1. The molecule has 146 valence electrons. The van der Waals surface area contributed by atoms with Crippen molar-refractivity contribution in [2.75, 3.05) is 18.5 Å². The van der Waals surface area contributed by atoms with Crippen molar-refractivity contribution in [2.24, 2.45) is 0 Å². The lowest BCUT2D eigenvalue weighted by Gasteiger charge is -2.27. The van der Waals surface area contributed by atoms with Gasteiger partial charge in [-0.1, -0.05) is 13.8 Å². The van der Waals surface area contributed by atoms with Crippen LogP contribution in [0.5, 0.6) is 5.75 Å². The summed E-state index contributed by atoms with van der Waals surface area (Å²) in [5, 5.41) is 2.83. The van der Waals surface area contributed by atoms with Crippen molar-refractivity contribution in [1.29, 1.82) is 0 Å². The van der Waals surface area contributed by atoms with Gasteiger partial charge in [0.2, 0.25) is 0 Å². The summed E-state index contributed by atoms with van der Waals surface area (Å²) in [6.07, 6.45) is 1.28. The molecule has 0 fully saturated rings. The maximum Gasteiger partial charge on any atom is 0.341 e. The molecule has 0 aliphatic carbocycles. The van der Waals surface area contributed by atoms with Crippen LogP contribution in [0.2, 0.25) is 0 Å². The molecular weight excluding hydrogens is 334 g/mol. The summed E-state index contributed by atoms with van der Waals surface area (Å²) in [6.45, 7) is 11.9. The lowest BCUT2D eigenvalue weighted by molar-refractivity contribution is -0.139. The van der Waals surface area contributed by atoms with Gasteiger partial charge >= 0.3 is 5.97 Å². The van der Waals surface area contributed by atoms with Crippen LogP contribution in [0.1, 0.15) is 64.7 Å². The van der Waals surface area contributed by atoms with Crippen molar-refractivity contribution in [2.45, 2.75) is 66.1 Å². The second kappa shape index (κ2) is 10.2. The van der Waals surface area contributed by atoms with Gasteiger partial charge in [-0.15, -0.1) is 0 Å². The molecule has 0 spiro atoms. The van der Waals surface area contributed by atoms with E-state index in [2.05, 4.69) is 5.32 Å². The van der Waals surface area contributed by atoms with E-state index in [-0.39, 0.29) is 24.2 Å². The zero-order valence-electron chi connectivity index (χ0n) is 16.7. The molecule has 0 radical (unpaired) electrons. The zero-order valence-corrected chi connectivity index (χ0v) is 16.7. The standard InChI is InChI=1S/C20H31NO5/c1-7-12-25-20(6,8-2)19(23)21-15-10-11-17(26-14(4)5)16(13-15)18(22)24-9-3/h10-11,13-14H,7-9,12H2,1-6H3,(H,21,23)/t20-/m0/s1. The Morgan fingerprint density at radius 3 is 2.42 bits per heavy atom. The summed E-state index contributed by atoms with van der Waals surface area (Å²) < 4.78 is 16.5. The largest absolute Gasteiger partial charge is 0.490 e. The van der Waals surface area contributed by atoms with Gasteiger partial charge < -0.3 is 19.5 Å². The first-order valence-corrected chi connectivity index (χ1v) is 9.20. The van der Waals surface area contributed by atoms with Crippen LogP contribution in [0.15, 0.2) is 18.2 Å². The molecule has 1 aromatic carbocycles. The number of rotatable bonds is 10. The molecule has 0 saturated carbocycles. The van der Waals surface area contributed by atoms with Gasteiger partial charge in [0, 0.05) is 12.3 Å². The SMILES string of the molecule is CCCO[C@@](C)(CC)C(=O)Nc1ccc(OC(C)C)c(C(=O)OCC)c1. The molecule has 0 unspecified atom stereocenters. The van der Waals surface area contributed by atoms with Crippen LogP contribution in [0.25, 0.3) is 0 Å². The Labute approximate surface area is 156 Å². The molecule has 0 saturated heterocycles. The molecule has 1 N–H and O–H groups in total. The lowest BCUT2D eigenvalue weighted by atomic mass is 10.0. The van der Waals surface area contributed by atoms with Gasteiger partial charge in [0.05, 0.1) is 12.7 Å². The Balaban J connectivity index is 3.07. The predicted octanol–water partition coefficient (Wildman–Crippen LogP) is 4.18. The number of ether oxygens (including phenoxy) is 3. The molecule has 0 aliphatic heterocycles. The highest BCUT2D eigenvalue weighted by molar-refractivity contribution is 5.99. The summed E-state index contributed by atoms with van der Waals surface area (Å²) in [5.74, 6) is -0.308. The summed E-state index contributed by atoms with van der Waals surface area (Å²) in [7, 11) is 0. The molecular formula is C20H31NO5. The van der Waals surface area contributed by atoms with Crippen molar-refractivity contribution in [3.63, 3.8) is 0 Å². The van der Waals surface area contributed by atoms with E-state index in [1.54, 1.807) is 32.0 Å². The first-order chi connectivity index (χ1) is 12.3. The summed E-state index contributed by atoms with van der Waals surface area (Å²) in [5.41, 5.74) is -0.146. The van der Waals surface area contributed by atoms with E-state index in [9.17, 15) is 9.59 Å². The second-order valence-electron chi connectivity index (χ2n) is 6.49. The quantitative estimate of drug-likeness (QED) is 0.630. The summed E-state index contributed by atoms with van der Waals surface area (Å²) in [6, 6.07) is 4.94. The normalized spacial score (nSPS) is 13.2. The number of amides is 1. The Kier molecular flexibility index (Phi) is 8.58. The third-order valence-corrected chi connectivity index (χ3v) is 3.88. The fourth-order valence-corrected chi connectivity index (χ4v) is 2.25. The number of esters is 1. The summed E-state index contributed by atoms with van der Waals surface area (Å²) >= 11 is 0. The smallest absolute Gasteiger partial charge is 0.341 e. The van der Waals surface area contributed by atoms with E-state index in [1.807, 2.05) is 27.7 Å². The van der Waals surface area contributed by atoms with Gasteiger partial charge in [-0.3, -0.25) is 4.79 Å². The molecule has 1 amide bonds. The Morgan fingerprint density at radius 2 is 1.88 bits per heavy atom. The third kappa shape index (κ3) is 6.02.